The highest BCUT2D eigenvalue weighted by atomic mass is 35.5. The van der Waals surface area contributed by atoms with Crippen molar-refractivity contribution < 1.29 is 9.53 Å². The van der Waals surface area contributed by atoms with Gasteiger partial charge in [-0.1, -0.05) is 60.5 Å². The van der Waals surface area contributed by atoms with Crippen LogP contribution < -0.4 is 10.2 Å². The van der Waals surface area contributed by atoms with Crippen LogP contribution in [0.1, 0.15) is 18.4 Å². The fourth-order valence-corrected chi connectivity index (χ4v) is 2.29. The summed E-state index contributed by atoms with van der Waals surface area (Å²) in [5.41, 5.74) is 3.54. The van der Waals surface area contributed by atoms with Crippen LogP contribution in [0.15, 0.2) is 53.6 Å². The zero-order valence-electron chi connectivity index (χ0n) is 12.5. The molecule has 0 fully saturated rings. The molecule has 2 rings (SSSR count). The van der Waals surface area contributed by atoms with E-state index in [1.165, 1.54) is 0 Å². The SMILES string of the molecule is CC(C=NNC(=O)COc1ccc(Cl)cc1Cl)c1ccccc1. The van der Waals surface area contributed by atoms with Gasteiger partial charge in [0.25, 0.3) is 5.91 Å². The first-order valence-corrected chi connectivity index (χ1v) is 7.76. The first-order chi connectivity index (χ1) is 11.1. The van der Waals surface area contributed by atoms with E-state index >= 15 is 0 Å². The third-order valence-corrected chi connectivity index (χ3v) is 3.60. The second kappa shape index (κ2) is 8.56. The molecule has 0 saturated carbocycles. The van der Waals surface area contributed by atoms with Gasteiger partial charge in [0.05, 0.1) is 5.02 Å². The average Bonchev–Trinajstić information content (AvgIpc) is 2.54. The third-order valence-electron chi connectivity index (χ3n) is 3.07. The molecule has 1 atom stereocenters. The predicted molar refractivity (Wildman–Crippen MR) is 93.4 cm³/mol. The molecule has 0 saturated heterocycles. The van der Waals surface area contributed by atoms with E-state index in [2.05, 4.69) is 10.5 Å². The van der Waals surface area contributed by atoms with Crippen molar-refractivity contribution in [2.75, 3.05) is 6.61 Å². The Bertz CT molecular complexity index is 690. The summed E-state index contributed by atoms with van der Waals surface area (Å²) in [6.07, 6.45) is 1.67. The van der Waals surface area contributed by atoms with Crippen molar-refractivity contribution in [3.63, 3.8) is 0 Å². The van der Waals surface area contributed by atoms with Crippen molar-refractivity contribution in [3.8, 4) is 5.75 Å². The van der Waals surface area contributed by atoms with Crippen LogP contribution in [0.25, 0.3) is 0 Å². The van der Waals surface area contributed by atoms with Gasteiger partial charge in [0, 0.05) is 17.2 Å². The molecule has 1 amide bonds. The number of carbonyl (C=O) groups excluding carboxylic acids is 1. The van der Waals surface area contributed by atoms with Gasteiger partial charge in [0.1, 0.15) is 5.75 Å². The van der Waals surface area contributed by atoms with Crippen molar-refractivity contribution >= 4 is 35.3 Å². The van der Waals surface area contributed by atoms with Crippen LogP contribution in [0.3, 0.4) is 0 Å². The standard InChI is InChI=1S/C17H16Cl2N2O2/c1-12(13-5-3-2-4-6-13)10-20-21-17(22)11-23-16-8-7-14(18)9-15(16)19/h2-10,12H,11H2,1H3,(H,21,22). The van der Waals surface area contributed by atoms with Crippen molar-refractivity contribution in [3.05, 3.63) is 64.1 Å². The third kappa shape index (κ3) is 5.58. The lowest BCUT2D eigenvalue weighted by atomic mass is 10.0. The monoisotopic (exact) mass is 350 g/mol. The van der Waals surface area contributed by atoms with Gasteiger partial charge in [-0.25, -0.2) is 5.43 Å². The number of amides is 1. The van der Waals surface area contributed by atoms with E-state index < -0.39 is 0 Å². The number of nitrogens with one attached hydrogen (secondary N) is 1. The highest BCUT2D eigenvalue weighted by Crippen LogP contribution is 2.27. The summed E-state index contributed by atoms with van der Waals surface area (Å²) in [7, 11) is 0. The molecule has 2 aromatic rings. The smallest absolute Gasteiger partial charge is 0.277 e. The Morgan fingerprint density at radius 2 is 2.00 bits per heavy atom. The molecule has 1 N–H and O–H groups in total. The van der Waals surface area contributed by atoms with Gasteiger partial charge in [-0.15, -0.1) is 0 Å². The van der Waals surface area contributed by atoms with Crippen LogP contribution in [0, 0.1) is 0 Å². The molecule has 4 nitrogen and oxygen atoms in total. The molecule has 0 aliphatic carbocycles. The number of ether oxygens (including phenoxy) is 1. The fraction of sp³-hybridized carbons (Fsp3) is 0.176. The quantitative estimate of drug-likeness (QED) is 0.624. The van der Waals surface area contributed by atoms with Crippen molar-refractivity contribution in [2.24, 2.45) is 5.10 Å². The minimum absolute atomic E-state index is 0.100. The van der Waals surface area contributed by atoms with Gasteiger partial charge in [-0.2, -0.15) is 5.10 Å². The number of hydrogen-bond acceptors (Lipinski definition) is 3. The second-order valence-electron chi connectivity index (χ2n) is 4.88. The van der Waals surface area contributed by atoms with Crippen molar-refractivity contribution in [2.45, 2.75) is 12.8 Å². The number of carbonyl (C=O) groups is 1. The highest BCUT2D eigenvalue weighted by Gasteiger charge is 2.06. The first-order valence-electron chi connectivity index (χ1n) is 7.01. The normalized spacial score (nSPS) is 12.1. The largest absolute Gasteiger partial charge is 0.482 e. The molecule has 0 bridgehead atoms. The molecule has 0 heterocycles. The van der Waals surface area contributed by atoms with E-state index in [0.29, 0.717) is 15.8 Å². The molecule has 1 unspecified atom stereocenters. The predicted octanol–water partition coefficient (Wildman–Crippen LogP) is 4.28. The van der Waals surface area contributed by atoms with Crippen molar-refractivity contribution in [1.29, 1.82) is 0 Å². The number of benzene rings is 2. The lowest BCUT2D eigenvalue weighted by Gasteiger charge is -2.08. The van der Waals surface area contributed by atoms with Crippen LogP contribution in [-0.2, 0) is 4.79 Å². The highest BCUT2D eigenvalue weighted by molar-refractivity contribution is 6.35. The average molecular weight is 351 g/mol. The molecule has 6 heteroatoms. The summed E-state index contributed by atoms with van der Waals surface area (Å²) >= 11 is 11.7. The zero-order valence-corrected chi connectivity index (χ0v) is 14.0. The topological polar surface area (TPSA) is 50.7 Å². The summed E-state index contributed by atoms with van der Waals surface area (Å²) in [5.74, 6) is 0.128. The Hall–Kier alpha value is -2.04. The molecule has 0 aromatic heterocycles. The van der Waals surface area contributed by atoms with E-state index in [1.54, 1.807) is 24.4 Å². The maximum Gasteiger partial charge on any atom is 0.277 e. The van der Waals surface area contributed by atoms with Gasteiger partial charge in [0.2, 0.25) is 0 Å². The summed E-state index contributed by atoms with van der Waals surface area (Å²) in [6, 6.07) is 14.7. The Labute approximate surface area is 145 Å². The Balaban J connectivity index is 1.80. The summed E-state index contributed by atoms with van der Waals surface area (Å²) in [6.45, 7) is 1.81. The van der Waals surface area contributed by atoms with Gasteiger partial charge in [0.15, 0.2) is 6.61 Å². The van der Waals surface area contributed by atoms with Gasteiger partial charge >= 0.3 is 0 Å². The summed E-state index contributed by atoms with van der Waals surface area (Å²) in [5, 5.41) is 4.80. The zero-order chi connectivity index (χ0) is 16.7. The van der Waals surface area contributed by atoms with E-state index in [9.17, 15) is 4.79 Å². The molecule has 0 radical (unpaired) electrons. The molecular formula is C17H16Cl2N2O2. The number of halogens is 2. The van der Waals surface area contributed by atoms with Gasteiger partial charge < -0.3 is 4.74 Å². The number of hydrazone groups is 1. The second-order valence-corrected chi connectivity index (χ2v) is 5.72. The first kappa shape index (κ1) is 17.3. The Morgan fingerprint density at radius 3 is 2.70 bits per heavy atom. The maximum absolute atomic E-state index is 11.7. The molecular weight excluding hydrogens is 335 g/mol. The lowest BCUT2D eigenvalue weighted by Crippen LogP contribution is -2.24. The molecule has 2 aromatic carbocycles. The Kier molecular flexibility index (Phi) is 6.44. The summed E-state index contributed by atoms with van der Waals surface area (Å²) < 4.78 is 5.32. The van der Waals surface area contributed by atoms with E-state index in [-0.39, 0.29) is 18.4 Å². The van der Waals surface area contributed by atoms with E-state index in [0.717, 1.165) is 5.56 Å². The minimum Gasteiger partial charge on any atom is -0.482 e. The molecule has 0 spiro atoms. The summed E-state index contributed by atoms with van der Waals surface area (Å²) in [4.78, 5) is 11.7. The van der Waals surface area contributed by atoms with Gasteiger partial charge in [-0.3, -0.25) is 4.79 Å². The molecule has 0 aliphatic heterocycles. The maximum atomic E-state index is 11.7. The van der Waals surface area contributed by atoms with Crippen LogP contribution in [0.2, 0.25) is 10.0 Å². The Morgan fingerprint density at radius 1 is 1.26 bits per heavy atom. The van der Waals surface area contributed by atoms with Crippen molar-refractivity contribution in [1.82, 2.24) is 5.43 Å². The number of nitrogens with zero attached hydrogens (tertiary/aromatic N) is 1. The molecule has 0 aliphatic rings. The van der Waals surface area contributed by atoms with Crippen LogP contribution >= 0.6 is 23.2 Å². The van der Waals surface area contributed by atoms with E-state index in [1.807, 2.05) is 37.3 Å². The molecule has 23 heavy (non-hydrogen) atoms. The molecule has 120 valence electrons. The van der Waals surface area contributed by atoms with Crippen LogP contribution in [0.5, 0.6) is 5.75 Å². The van der Waals surface area contributed by atoms with Gasteiger partial charge in [-0.05, 0) is 23.8 Å². The lowest BCUT2D eigenvalue weighted by molar-refractivity contribution is -0.123. The fourth-order valence-electron chi connectivity index (χ4n) is 1.83. The minimum atomic E-state index is -0.368. The van der Waals surface area contributed by atoms with Crippen LogP contribution in [0.4, 0.5) is 0 Å². The van der Waals surface area contributed by atoms with Crippen LogP contribution in [-0.4, -0.2) is 18.7 Å². The number of rotatable bonds is 6. The number of hydrogen-bond donors (Lipinski definition) is 1. The van der Waals surface area contributed by atoms with E-state index in [4.69, 9.17) is 27.9 Å².